The average Bonchev–Trinajstić information content (AvgIpc) is 2.60. The summed E-state index contributed by atoms with van der Waals surface area (Å²) >= 11 is 0. The summed E-state index contributed by atoms with van der Waals surface area (Å²) in [6.07, 6.45) is 4.59. The second kappa shape index (κ2) is 3.97. The van der Waals surface area contributed by atoms with Gasteiger partial charge in [0.05, 0.1) is 0 Å². The molecule has 80 valence electrons. The second-order valence-electron chi connectivity index (χ2n) is 4.18. The first-order valence-electron chi connectivity index (χ1n) is 5.58. The summed E-state index contributed by atoms with van der Waals surface area (Å²) < 4.78 is 2.33. The van der Waals surface area contributed by atoms with Crippen molar-refractivity contribution < 1.29 is 0 Å². The molecular formula is C13H18N2. The summed E-state index contributed by atoms with van der Waals surface area (Å²) in [5.74, 6) is 0. The van der Waals surface area contributed by atoms with Crippen LogP contribution in [-0.4, -0.2) is 4.57 Å². The number of anilines is 1. The van der Waals surface area contributed by atoms with Gasteiger partial charge >= 0.3 is 0 Å². The zero-order valence-electron chi connectivity index (χ0n) is 9.40. The van der Waals surface area contributed by atoms with Crippen molar-refractivity contribution in [3.05, 3.63) is 30.5 Å². The van der Waals surface area contributed by atoms with Crippen LogP contribution in [0, 0.1) is 0 Å². The molecule has 0 radical (unpaired) electrons. The number of nitrogens with two attached hydrogens (primary N) is 1. The summed E-state index contributed by atoms with van der Waals surface area (Å²) in [4.78, 5) is 0. The van der Waals surface area contributed by atoms with E-state index in [1.807, 2.05) is 12.1 Å². The fourth-order valence-corrected chi connectivity index (χ4v) is 2.12. The Morgan fingerprint density at radius 2 is 2.13 bits per heavy atom. The molecule has 0 amide bonds. The fourth-order valence-electron chi connectivity index (χ4n) is 2.12. The number of hydrogen-bond donors (Lipinski definition) is 1. The summed E-state index contributed by atoms with van der Waals surface area (Å²) in [5.41, 5.74) is 7.88. The molecule has 0 aliphatic carbocycles. The van der Waals surface area contributed by atoms with E-state index in [2.05, 4.69) is 36.7 Å². The van der Waals surface area contributed by atoms with Crippen molar-refractivity contribution in [2.75, 3.05) is 5.73 Å². The SMILES string of the molecule is CCCC(C)n1ccc2cc(N)ccc21. The number of fused-ring (bicyclic) bond motifs is 1. The lowest BCUT2D eigenvalue weighted by Gasteiger charge is -2.14. The van der Waals surface area contributed by atoms with Crippen LogP contribution in [0.5, 0.6) is 0 Å². The monoisotopic (exact) mass is 202 g/mol. The Kier molecular flexibility index (Phi) is 2.67. The van der Waals surface area contributed by atoms with Gasteiger partial charge in [-0.05, 0) is 37.6 Å². The standard InChI is InChI=1S/C13H18N2/c1-3-4-10(2)15-8-7-11-9-12(14)5-6-13(11)15/h5-10H,3-4,14H2,1-2H3. The van der Waals surface area contributed by atoms with Crippen molar-refractivity contribution in [1.29, 1.82) is 0 Å². The van der Waals surface area contributed by atoms with Gasteiger partial charge in [-0.2, -0.15) is 0 Å². The number of nitrogen functional groups attached to an aromatic ring is 1. The smallest absolute Gasteiger partial charge is 0.0484 e. The molecule has 1 heterocycles. The average molecular weight is 202 g/mol. The Morgan fingerprint density at radius 1 is 1.33 bits per heavy atom. The van der Waals surface area contributed by atoms with Gasteiger partial charge in [0.2, 0.25) is 0 Å². The van der Waals surface area contributed by atoms with E-state index in [9.17, 15) is 0 Å². The molecule has 0 fully saturated rings. The largest absolute Gasteiger partial charge is 0.399 e. The van der Waals surface area contributed by atoms with E-state index < -0.39 is 0 Å². The second-order valence-corrected chi connectivity index (χ2v) is 4.18. The number of rotatable bonds is 3. The summed E-state index contributed by atoms with van der Waals surface area (Å²) in [7, 11) is 0. The van der Waals surface area contributed by atoms with E-state index in [1.165, 1.54) is 23.7 Å². The molecule has 1 atom stereocenters. The third-order valence-corrected chi connectivity index (χ3v) is 2.93. The van der Waals surface area contributed by atoms with Gasteiger partial charge in [0.1, 0.15) is 0 Å². The van der Waals surface area contributed by atoms with Gasteiger partial charge in [0.15, 0.2) is 0 Å². The number of nitrogens with zero attached hydrogens (tertiary/aromatic N) is 1. The molecule has 0 aliphatic heterocycles. The molecule has 0 spiro atoms. The van der Waals surface area contributed by atoms with Crippen LogP contribution in [0.1, 0.15) is 32.7 Å². The third kappa shape index (κ3) is 1.84. The van der Waals surface area contributed by atoms with Gasteiger partial charge in [-0.15, -0.1) is 0 Å². The molecule has 1 unspecified atom stereocenters. The molecule has 1 aromatic heterocycles. The summed E-state index contributed by atoms with van der Waals surface area (Å²) in [6.45, 7) is 4.49. The number of aromatic nitrogens is 1. The van der Waals surface area contributed by atoms with Crippen molar-refractivity contribution in [2.24, 2.45) is 0 Å². The van der Waals surface area contributed by atoms with E-state index in [1.54, 1.807) is 0 Å². The normalized spacial score (nSPS) is 13.2. The van der Waals surface area contributed by atoms with Crippen LogP contribution in [0.25, 0.3) is 10.9 Å². The Hall–Kier alpha value is -1.44. The van der Waals surface area contributed by atoms with E-state index >= 15 is 0 Å². The number of hydrogen-bond acceptors (Lipinski definition) is 1. The van der Waals surface area contributed by atoms with Crippen molar-refractivity contribution >= 4 is 16.6 Å². The van der Waals surface area contributed by atoms with Crippen LogP contribution in [0.15, 0.2) is 30.5 Å². The molecule has 2 N–H and O–H groups in total. The fraction of sp³-hybridized carbons (Fsp3) is 0.385. The van der Waals surface area contributed by atoms with Crippen LogP contribution in [-0.2, 0) is 0 Å². The minimum Gasteiger partial charge on any atom is -0.399 e. The molecule has 2 heteroatoms. The van der Waals surface area contributed by atoms with Crippen molar-refractivity contribution in [3.8, 4) is 0 Å². The summed E-state index contributed by atoms with van der Waals surface area (Å²) in [5, 5.41) is 1.23. The molecule has 2 aromatic rings. The van der Waals surface area contributed by atoms with Gasteiger partial charge < -0.3 is 10.3 Å². The third-order valence-electron chi connectivity index (χ3n) is 2.93. The van der Waals surface area contributed by atoms with E-state index in [4.69, 9.17) is 5.73 Å². The highest BCUT2D eigenvalue weighted by atomic mass is 15.0. The van der Waals surface area contributed by atoms with Crippen LogP contribution < -0.4 is 5.73 Å². The van der Waals surface area contributed by atoms with Gasteiger partial charge in [-0.1, -0.05) is 13.3 Å². The van der Waals surface area contributed by atoms with Gasteiger partial charge in [-0.3, -0.25) is 0 Å². The molecule has 2 nitrogen and oxygen atoms in total. The van der Waals surface area contributed by atoms with Crippen molar-refractivity contribution in [1.82, 2.24) is 4.57 Å². The van der Waals surface area contributed by atoms with E-state index in [0.717, 1.165) is 5.69 Å². The zero-order valence-corrected chi connectivity index (χ0v) is 9.40. The first kappa shape index (κ1) is 10.1. The highest BCUT2D eigenvalue weighted by molar-refractivity contribution is 5.83. The van der Waals surface area contributed by atoms with Crippen LogP contribution >= 0.6 is 0 Å². The van der Waals surface area contributed by atoms with Gasteiger partial charge in [0, 0.05) is 28.8 Å². The molecule has 0 bridgehead atoms. The molecule has 1 aromatic carbocycles. The molecule has 2 rings (SSSR count). The highest BCUT2D eigenvalue weighted by Gasteiger charge is 2.06. The maximum atomic E-state index is 5.76. The van der Waals surface area contributed by atoms with Gasteiger partial charge in [0.25, 0.3) is 0 Å². The van der Waals surface area contributed by atoms with Crippen molar-refractivity contribution in [2.45, 2.75) is 32.7 Å². The molecule has 0 aliphatic rings. The molecule has 15 heavy (non-hydrogen) atoms. The lowest BCUT2D eigenvalue weighted by Crippen LogP contribution is -2.02. The minimum atomic E-state index is 0.566. The highest BCUT2D eigenvalue weighted by Crippen LogP contribution is 2.24. The Labute approximate surface area is 90.7 Å². The van der Waals surface area contributed by atoms with E-state index in [-0.39, 0.29) is 0 Å². The Morgan fingerprint density at radius 3 is 2.87 bits per heavy atom. The predicted molar refractivity (Wildman–Crippen MR) is 66.0 cm³/mol. The first-order chi connectivity index (χ1) is 7.22. The Balaban J connectivity index is 2.44. The minimum absolute atomic E-state index is 0.566. The van der Waals surface area contributed by atoms with E-state index in [0.29, 0.717) is 6.04 Å². The molecule has 0 saturated carbocycles. The molecular weight excluding hydrogens is 184 g/mol. The first-order valence-corrected chi connectivity index (χ1v) is 5.58. The Bertz CT molecular complexity index is 457. The van der Waals surface area contributed by atoms with Crippen LogP contribution in [0.3, 0.4) is 0 Å². The number of benzene rings is 1. The zero-order chi connectivity index (χ0) is 10.8. The predicted octanol–water partition coefficient (Wildman–Crippen LogP) is 3.58. The topological polar surface area (TPSA) is 30.9 Å². The quantitative estimate of drug-likeness (QED) is 0.758. The van der Waals surface area contributed by atoms with Crippen LogP contribution in [0.2, 0.25) is 0 Å². The lowest BCUT2D eigenvalue weighted by molar-refractivity contribution is 0.515. The van der Waals surface area contributed by atoms with Gasteiger partial charge in [-0.25, -0.2) is 0 Å². The summed E-state index contributed by atoms with van der Waals surface area (Å²) in [6, 6.07) is 8.81. The van der Waals surface area contributed by atoms with Crippen molar-refractivity contribution in [3.63, 3.8) is 0 Å². The maximum Gasteiger partial charge on any atom is 0.0484 e. The van der Waals surface area contributed by atoms with Crippen LogP contribution in [0.4, 0.5) is 5.69 Å². The molecule has 0 saturated heterocycles. The lowest BCUT2D eigenvalue weighted by atomic mass is 10.2. The maximum absolute atomic E-state index is 5.76.